The van der Waals surface area contributed by atoms with Crippen LogP contribution in [-0.4, -0.2) is 19.1 Å². The van der Waals surface area contributed by atoms with Crippen LogP contribution in [-0.2, 0) is 4.79 Å². The van der Waals surface area contributed by atoms with E-state index in [9.17, 15) is 4.79 Å². The number of carbonyl (C=O) groups excluding carboxylic acids is 1. The highest BCUT2D eigenvalue weighted by Crippen LogP contribution is 2.31. The molecular formula is C13H18N2O2. The lowest BCUT2D eigenvalue weighted by molar-refractivity contribution is -0.123. The van der Waals surface area contributed by atoms with Crippen LogP contribution < -0.4 is 15.8 Å². The van der Waals surface area contributed by atoms with Gasteiger partial charge >= 0.3 is 0 Å². The van der Waals surface area contributed by atoms with Crippen molar-refractivity contribution in [1.29, 1.82) is 0 Å². The Labute approximate surface area is 101 Å². The van der Waals surface area contributed by atoms with E-state index in [0.717, 1.165) is 18.9 Å². The lowest BCUT2D eigenvalue weighted by Gasteiger charge is -2.07. The van der Waals surface area contributed by atoms with E-state index in [4.69, 9.17) is 10.5 Å². The zero-order valence-corrected chi connectivity index (χ0v) is 9.82. The lowest BCUT2D eigenvalue weighted by Crippen LogP contribution is -2.29. The molecule has 1 fully saturated rings. The molecule has 1 saturated carbocycles. The lowest BCUT2D eigenvalue weighted by atomic mass is 10.3. The fraction of sp³-hybridized carbons (Fsp3) is 0.462. The number of rotatable bonds is 6. The van der Waals surface area contributed by atoms with Gasteiger partial charge in [-0.15, -0.1) is 0 Å². The predicted molar refractivity (Wildman–Crippen MR) is 66.7 cm³/mol. The maximum atomic E-state index is 11.4. The van der Waals surface area contributed by atoms with Crippen LogP contribution in [0.3, 0.4) is 0 Å². The van der Waals surface area contributed by atoms with E-state index in [2.05, 4.69) is 5.32 Å². The van der Waals surface area contributed by atoms with Crippen molar-refractivity contribution >= 4 is 11.6 Å². The summed E-state index contributed by atoms with van der Waals surface area (Å²) in [5.74, 6) is 1.39. The number of nitrogens with one attached hydrogen (secondary N) is 1. The normalized spacial score (nSPS) is 14.4. The molecule has 1 aliphatic rings. The van der Waals surface area contributed by atoms with Crippen LogP contribution in [0.5, 0.6) is 5.75 Å². The summed E-state index contributed by atoms with van der Waals surface area (Å²) < 4.78 is 5.33. The van der Waals surface area contributed by atoms with Crippen molar-refractivity contribution in [3.63, 3.8) is 0 Å². The highest BCUT2D eigenvalue weighted by atomic mass is 16.5. The van der Waals surface area contributed by atoms with E-state index in [0.29, 0.717) is 11.4 Å². The van der Waals surface area contributed by atoms with E-state index in [-0.39, 0.29) is 12.5 Å². The number of hydrogen-bond donors (Lipinski definition) is 2. The Balaban J connectivity index is 1.64. The van der Waals surface area contributed by atoms with Crippen LogP contribution in [0, 0.1) is 5.92 Å². The summed E-state index contributed by atoms with van der Waals surface area (Å²) in [4.78, 5) is 11.4. The highest BCUT2D eigenvalue weighted by molar-refractivity contribution is 5.77. The minimum atomic E-state index is -0.0759. The first-order valence-electron chi connectivity index (χ1n) is 5.99. The fourth-order valence-electron chi connectivity index (χ4n) is 1.63. The predicted octanol–water partition coefficient (Wildman–Crippen LogP) is 1.56. The van der Waals surface area contributed by atoms with E-state index < -0.39 is 0 Å². The molecule has 4 heteroatoms. The summed E-state index contributed by atoms with van der Waals surface area (Å²) in [6.45, 7) is 0.803. The van der Waals surface area contributed by atoms with Crippen LogP contribution >= 0.6 is 0 Å². The van der Waals surface area contributed by atoms with Gasteiger partial charge in [0.2, 0.25) is 0 Å². The Morgan fingerprint density at radius 2 is 2.29 bits per heavy atom. The molecule has 0 aromatic heterocycles. The van der Waals surface area contributed by atoms with Crippen molar-refractivity contribution in [3.8, 4) is 5.75 Å². The third kappa shape index (κ3) is 4.34. The molecule has 0 saturated heterocycles. The Morgan fingerprint density at radius 3 is 3.00 bits per heavy atom. The standard InChI is InChI=1S/C13H18N2O2/c14-11-2-1-3-12(8-11)17-9-13(16)15-7-6-10-4-5-10/h1-3,8,10H,4-7,9,14H2,(H,15,16). The molecule has 1 aliphatic carbocycles. The number of nitrogen functional groups attached to an aromatic ring is 1. The van der Waals surface area contributed by atoms with Gasteiger partial charge in [-0.2, -0.15) is 0 Å². The molecule has 17 heavy (non-hydrogen) atoms. The second-order valence-corrected chi connectivity index (χ2v) is 4.44. The molecule has 0 bridgehead atoms. The Morgan fingerprint density at radius 1 is 1.47 bits per heavy atom. The summed E-state index contributed by atoms with van der Waals surface area (Å²) >= 11 is 0. The van der Waals surface area contributed by atoms with Gasteiger partial charge in [-0.1, -0.05) is 18.9 Å². The van der Waals surface area contributed by atoms with Gasteiger partial charge < -0.3 is 15.8 Å². The van der Waals surface area contributed by atoms with Crippen LogP contribution in [0.2, 0.25) is 0 Å². The third-order valence-corrected chi connectivity index (χ3v) is 2.80. The van der Waals surface area contributed by atoms with Gasteiger partial charge in [0, 0.05) is 18.3 Å². The average Bonchev–Trinajstić information content (AvgIpc) is 3.11. The second kappa shape index (κ2) is 5.57. The number of benzene rings is 1. The SMILES string of the molecule is Nc1cccc(OCC(=O)NCCC2CC2)c1. The molecule has 2 rings (SSSR count). The van der Waals surface area contributed by atoms with E-state index in [1.54, 1.807) is 24.3 Å². The van der Waals surface area contributed by atoms with Crippen LogP contribution in [0.4, 0.5) is 5.69 Å². The summed E-state index contributed by atoms with van der Waals surface area (Å²) in [5, 5.41) is 2.84. The molecule has 3 N–H and O–H groups in total. The maximum Gasteiger partial charge on any atom is 0.257 e. The van der Waals surface area contributed by atoms with Gasteiger partial charge in [0.25, 0.3) is 5.91 Å². The summed E-state index contributed by atoms with van der Waals surface area (Å²) in [6, 6.07) is 7.07. The largest absolute Gasteiger partial charge is 0.484 e. The number of anilines is 1. The van der Waals surface area contributed by atoms with Crippen LogP contribution in [0.15, 0.2) is 24.3 Å². The van der Waals surface area contributed by atoms with Crippen molar-refractivity contribution in [2.75, 3.05) is 18.9 Å². The molecule has 4 nitrogen and oxygen atoms in total. The highest BCUT2D eigenvalue weighted by Gasteiger charge is 2.20. The van der Waals surface area contributed by atoms with Gasteiger partial charge in [0.15, 0.2) is 6.61 Å². The van der Waals surface area contributed by atoms with E-state index in [1.165, 1.54) is 12.8 Å². The Kier molecular flexibility index (Phi) is 3.85. The molecule has 0 spiro atoms. The van der Waals surface area contributed by atoms with Crippen molar-refractivity contribution in [1.82, 2.24) is 5.32 Å². The molecule has 92 valence electrons. The number of nitrogens with two attached hydrogens (primary N) is 1. The zero-order valence-electron chi connectivity index (χ0n) is 9.82. The minimum Gasteiger partial charge on any atom is -0.484 e. The first-order chi connectivity index (χ1) is 8.24. The van der Waals surface area contributed by atoms with Crippen LogP contribution in [0.25, 0.3) is 0 Å². The second-order valence-electron chi connectivity index (χ2n) is 4.44. The smallest absolute Gasteiger partial charge is 0.257 e. The third-order valence-electron chi connectivity index (χ3n) is 2.80. The van der Waals surface area contributed by atoms with Crippen molar-refractivity contribution < 1.29 is 9.53 Å². The van der Waals surface area contributed by atoms with Crippen LogP contribution in [0.1, 0.15) is 19.3 Å². The molecular weight excluding hydrogens is 216 g/mol. The molecule has 1 aromatic rings. The monoisotopic (exact) mass is 234 g/mol. The molecule has 0 aliphatic heterocycles. The Hall–Kier alpha value is -1.71. The molecule has 0 unspecified atom stereocenters. The van der Waals surface area contributed by atoms with Gasteiger partial charge in [0.05, 0.1) is 0 Å². The fourth-order valence-corrected chi connectivity index (χ4v) is 1.63. The number of amides is 1. The quantitative estimate of drug-likeness (QED) is 0.734. The summed E-state index contributed by atoms with van der Waals surface area (Å²) in [5.41, 5.74) is 6.24. The molecule has 1 amide bonds. The number of hydrogen-bond acceptors (Lipinski definition) is 3. The average molecular weight is 234 g/mol. The molecule has 0 atom stereocenters. The number of ether oxygens (including phenoxy) is 1. The van der Waals surface area contributed by atoms with Gasteiger partial charge in [-0.25, -0.2) is 0 Å². The zero-order chi connectivity index (χ0) is 12.1. The van der Waals surface area contributed by atoms with Crippen molar-refractivity contribution in [2.24, 2.45) is 5.92 Å². The van der Waals surface area contributed by atoms with E-state index >= 15 is 0 Å². The molecule has 0 radical (unpaired) electrons. The maximum absolute atomic E-state index is 11.4. The van der Waals surface area contributed by atoms with Gasteiger partial charge in [-0.05, 0) is 24.5 Å². The van der Waals surface area contributed by atoms with Gasteiger partial charge in [0.1, 0.15) is 5.75 Å². The Bertz CT molecular complexity index is 389. The van der Waals surface area contributed by atoms with E-state index in [1.807, 2.05) is 0 Å². The molecule has 0 heterocycles. The summed E-state index contributed by atoms with van der Waals surface area (Å²) in [7, 11) is 0. The summed E-state index contributed by atoms with van der Waals surface area (Å²) in [6.07, 6.45) is 3.72. The minimum absolute atomic E-state index is 0.0497. The first kappa shape index (κ1) is 11.8. The topological polar surface area (TPSA) is 64.3 Å². The molecule has 1 aromatic carbocycles. The van der Waals surface area contributed by atoms with Crippen molar-refractivity contribution in [3.05, 3.63) is 24.3 Å². The number of carbonyl (C=O) groups is 1. The van der Waals surface area contributed by atoms with Crippen molar-refractivity contribution in [2.45, 2.75) is 19.3 Å². The first-order valence-corrected chi connectivity index (χ1v) is 5.99. The van der Waals surface area contributed by atoms with Gasteiger partial charge in [-0.3, -0.25) is 4.79 Å².